The normalized spacial score (nSPS) is 19.0. The summed E-state index contributed by atoms with van der Waals surface area (Å²) < 4.78 is 0. The number of carbonyl (C=O) groups is 4. The van der Waals surface area contributed by atoms with Gasteiger partial charge in [0.1, 0.15) is 0 Å². The molecule has 1 aliphatic heterocycles. The number of carboxylic acids is 1. The molecule has 1 unspecified atom stereocenters. The van der Waals surface area contributed by atoms with Crippen LogP contribution in [-0.4, -0.2) is 132 Å². The Labute approximate surface area is 227 Å². The maximum absolute atomic E-state index is 12.0. The van der Waals surface area contributed by atoms with E-state index in [1.807, 2.05) is 26.8 Å². The van der Waals surface area contributed by atoms with Crippen molar-refractivity contribution in [1.29, 1.82) is 0 Å². The zero-order valence-corrected chi connectivity index (χ0v) is 22.1. The Morgan fingerprint density at radius 1 is 0.816 bits per heavy atom. The minimum Gasteiger partial charge on any atom is -0.480 e. The van der Waals surface area contributed by atoms with Crippen LogP contribution >= 0.6 is 12.2 Å². The van der Waals surface area contributed by atoms with E-state index in [0.29, 0.717) is 57.9 Å². The molecular weight excluding hydrogens is 512 g/mol. The minimum atomic E-state index is -0.992. The predicted molar refractivity (Wildman–Crippen MR) is 145 cm³/mol. The first-order valence-corrected chi connectivity index (χ1v) is 12.6. The molecule has 0 aliphatic carbocycles. The van der Waals surface area contributed by atoms with Crippen LogP contribution in [0, 0.1) is 0 Å². The molecule has 1 fully saturated rings. The van der Waals surface area contributed by atoms with E-state index in [2.05, 4.69) is 22.4 Å². The maximum atomic E-state index is 12.0. The van der Waals surface area contributed by atoms with E-state index in [0.717, 1.165) is 5.56 Å². The third kappa shape index (κ3) is 11.9. The van der Waals surface area contributed by atoms with Crippen LogP contribution in [0.2, 0.25) is 0 Å². The Bertz CT molecular complexity index is 1020. The van der Waals surface area contributed by atoms with Gasteiger partial charge in [-0.15, -0.1) is 0 Å². The number of benzene rings is 1. The Hall–Kier alpha value is -3.26. The lowest BCUT2D eigenvalue weighted by molar-refractivity contribution is -0.138. The molecule has 0 saturated carbocycles. The number of isothiocyanates is 1. The molecule has 1 saturated heterocycles. The third-order valence-electron chi connectivity index (χ3n) is 6.21. The van der Waals surface area contributed by atoms with Crippen molar-refractivity contribution in [2.75, 3.05) is 72.0 Å². The van der Waals surface area contributed by atoms with Crippen molar-refractivity contribution in [3.63, 3.8) is 0 Å². The second-order valence-electron chi connectivity index (χ2n) is 9.28. The highest BCUT2D eigenvalue weighted by Gasteiger charge is 2.27. The smallest absolute Gasteiger partial charge is 0.317 e. The van der Waals surface area contributed by atoms with E-state index >= 15 is 0 Å². The molecule has 0 aromatic heterocycles. The van der Waals surface area contributed by atoms with Crippen molar-refractivity contribution in [3.05, 3.63) is 29.8 Å². The molecule has 1 aliphatic rings. The molecule has 7 N–H and O–H groups in total. The van der Waals surface area contributed by atoms with E-state index in [1.165, 1.54) is 0 Å². The van der Waals surface area contributed by atoms with Gasteiger partial charge in [0.05, 0.1) is 37.0 Å². The number of aliphatic carboxylic acids is 1. The van der Waals surface area contributed by atoms with Gasteiger partial charge in [0.15, 0.2) is 0 Å². The summed E-state index contributed by atoms with van der Waals surface area (Å²) >= 11 is 4.66. The zero-order chi connectivity index (χ0) is 28.1. The number of amides is 3. The first-order chi connectivity index (χ1) is 18.0. The number of nitrogens with two attached hydrogens (primary N) is 3. The number of carbonyl (C=O) groups excluding carboxylic acids is 3. The van der Waals surface area contributed by atoms with Gasteiger partial charge in [0.2, 0.25) is 17.7 Å². The SMILES string of the molecule is NC(=O)CN1CCN(CC(N)=O)CCN(CC(N)=O)C(Cc2ccc(N=C=S)cc2)CN(CC(=O)O)CC1. The van der Waals surface area contributed by atoms with E-state index in [-0.39, 0.29) is 32.2 Å². The third-order valence-corrected chi connectivity index (χ3v) is 6.30. The van der Waals surface area contributed by atoms with Crippen molar-refractivity contribution < 1.29 is 24.3 Å². The number of rotatable bonds is 11. The van der Waals surface area contributed by atoms with Gasteiger partial charge in [-0.2, -0.15) is 4.99 Å². The van der Waals surface area contributed by atoms with Gasteiger partial charge in [0.25, 0.3) is 0 Å². The average Bonchev–Trinajstić information content (AvgIpc) is 2.82. The highest BCUT2D eigenvalue weighted by molar-refractivity contribution is 7.78. The molecule has 208 valence electrons. The molecule has 1 atom stereocenters. The summed E-state index contributed by atoms with van der Waals surface area (Å²) in [6.45, 7) is 2.41. The van der Waals surface area contributed by atoms with Crippen molar-refractivity contribution >= 4 is 46.8 Å². The van der Waals surface area contributed by atoms with E-state index in [4.69, 9.17) is 17.2 Å². The largest absolute Gasteiger partial charge is 0.480 e. The van der Waals surface area contributed by atoms with Gasteiger partial charge in [-0.1, -0.05) is 12.1 Å². The molecule has 3 amide bonds. The summed E-state index contributed by atoms with van der Waals surface area (Å²) in [6, 6.07) is 7.09. The fraction of sp³-hybridized carbons (Fsp3) is 0.542. The molecule has 0 spiro atoms. The monoisotopic (exact) mass is 548 g/mol. The molecule has 1 heterocycles. The first-order valence-electron chi connectivity index (χ1n) is 12.2. The summed E-state index contributed by atoms with van der Waals surface area (Å²) in [6.07, 6.45) is 0.492. The maximum Gasteiger partial charge on any atom is 0.317 e. The Balaban J connectivity index is 2.41. The summed E-state index contributed by atoms with van der Waals surface area (Å²) in [7, 11) is 0. The van der Waals surface area contributed by atoms with Crippen molar-refractivity contribution in [2.24, 2.45) is 22.2 Å². The van der Waals surface area contributed by atoms with Crippen LogP contribution in [0.15, 0.2) is 29.3 Å². The number of hydrogen-bond acceptors (Lipinski definition) is 10. The van der Waals surface area contributed by atoms with Gasteiger partial charge < -0.3 is 22.3 Å². The average molecular weight is 549 g/mol. The fourth-order valence-electron chi connectivity index (χ4n) is 4.47. The van der Waals surface area contributed by atoms with Crippen molar-refractivity contribution in [2.45, 2.75) is 12.5 Å². The number of primary amides is 3. The molecule has 38 heavy (non-hydrogen) atoms. The second-order valence-corrected chi connectivity index (χ2v) is 9.46. The van der Waals surface area contributed by atoms with Crippen LogP contribution in [0.5, 0.6) is 0 Å². The number of nitrogens with zero attached hydrogens (tertiary/aromatic N) is 5. The lowest BCUT2D eigenvalue weighted by Gasteiger charge is -2.38. The lowest BCUT2D eigenvalue weighted by Crippen LogP contribution is -2.54. The topological polar surface area (TPSA) is 192 Å². The van der Waals surface area contributed by atoms with Crippen LogP contribution in [0.3, 0.4) is 0 Å². The van der Waals surface area contributed by atoms with Crippen LogP contribution in [-0.2, 0) is 25.6 Å². The molecular formula is C24H36N8O5S. The summed E-state index contributed by atoms with van der Waals surface area (Å²) in [5.74, 6) is -2.51. The standard InChI is InChI=1S/C24H36N8O5S/c25-21(33)13-29-5-6-30(14-22(26)34)9-10-32(15-23(27)35)20(12-31(8-7-29)16-24(36)37)11-18-1-3-19(4-2-18)28-17-38/h1-4,20H,5-16H2,(H2,25,33)(H2,26,34)(H2,27,35)(H,36,37). The fourth-order valence-corrected chi connectivity index (χ4v) is 4.58. The minimum absolute atomic E-state index is 0.000889. The van der Waals surface area contributed by atoms with Crippen LogP contribution in [0.1, 0.15) is 5.56 Å². The van der Waals surface area contributed by atoms with E-state index < -0.39 is 23.7 Å². The van der Waals surface area contributed by atoms with Gasteiger partial charge in [-0.05, 0) is 36.3 Å². The van der Waals surface area contributed by atoms with E-state index in [9.17, 15) is 24.3 Å². The molecule has 1 aromatic rings. The van der Waals surface area contributed by atoms with Crippen LogP contribution in [0.4, 0.5) is 5.69 Å². The van der Waals surface area contributed by atoms with Gasteiger partial charge >= 0.3 is 5.97 Å². The number of thiocarbonyl (C=S) groups is 1. The summed E-state index contributed by atoms with van der Waals surface area (Å²) in [4.78, 5) is 58.4. The van der Waals surface area contributed by atoms with Gasteiger partial charge in [-0.25, -0.2) is 0 Å². The van der Waals surface area contributed by atoms with E-state index in [1.54, 1.807) is 17.0 Å². The number of aliphatic imine (C=N–C) groups is 1. The zero-order valence-electron chi connectivity index (χ0n) is 21.3. The number of carboxylic acid groups (broad SMARTS) is 1. The summed E-state index contributed by atoms with van der Waals surface area (Å²) in [5.41, 5.74) is 18.1. The summed E-state index contributed by atoms with van der Waals surface area (Å²) in [5, 5.41) is 11.9. The quantitative estimate of drug-likeness (QED) is 0.179. The van der Waals surface area contributed by atoms with Crippen LogP contribution < -0.4 is 17.2 Å². The Kier molecular flexibility index (Phi) is 12.9. The first kappa shape index (κ1) is 31.0. The van der Waals surface area contributed by atoms with Crippen molar-refractivity contribution in [3.8, 4) is 0 Å². The molecule has 13 nitrogen and oxygen atoms in total. The van der Waals surface area contributed by atoms with Gasteiger partial charge in [-0.3, -0.25) is 38.8 Å². The molecule has 0 radical (unpaired) electrons. The highest BCUT2D eigenvalue weighted by Crippen LogP contribution is 2.17. The van der Waals surface area contributed by atoms with Crippen molar-refractivity contribution in [1.82, 2.24) is 19.6 Å². The Morgan fingerprint density at radius 3 is 1.79 bits per heavy atom. The second kappa shape index (κ2) is 15.9. The highest BCUT2D eigenvalue weighted by atomic mass is 32.1. The lowest BCUT2D eigenvalue weighted by atomic mass is 10.0. The Morgan fingerprint density at radius 2 is 1.32 bits per heavy atom. The predicted octanol–water partition coefficient (Wildman–Crippen LogP) is -1.91. The van der Waals surface area contributed by atoms with Gasteiger partial charge in [0, 0.05) is 51.9 Å². The molecule has 14 heteroatoms. The molecule has 1 aromatic carbocycles. The molecule has 2 rings (SSSR count). The van der Waals surface area contributed by atoms with Crippen LogP contribution in [0.25, 0.3) is 0 Å². The number of hydrogen-bond donors (Lipinski definition) is 4. The molecule has 0 bridgehead atoms.